The van der Waals surface area contributed by atoms with Crippen LogP contribution < -0.4 is 0 Å². The normalized spacial score (nSPS) is 21.0. The van der Waals surface area contributed by atoms with Crippen molar-refractivity contribution in [3.63, 3.8) is 0 Å². The lowest BCUT2D eigenvalue weighted by Crippen LogP contribution is -2.17. The quantitative estimate of drug-likeness (QED) is 0.791. The maximum atomic E-state index is 2.34. The molecule has 3 rings (SSSR count). The predicted octanol–water partition coefficient (Wildman–Crippen LogP) is 4.25. The second kappa shape index (κ2) is 5.77. The average molecular weight is 274 g/mol. The van der Waals surface area contributed by atoms with Crippen molar-refractivity contribution in [2.75, 3.05) is 14.1 Å². The molecule has 2 heteroatoms. The van der Waals surface area contributed by atoms with Gasteiger partial charge in [-0.1, -0.05) is 54.6 Å². The Morgan fingerprint density at radius 2 is 1.42 bits per heavy atom. The van der Waals surface area contributed by atoms with Crippen molar-refractivity contribution < 1.29 is 0 Å². The summed E-state index contributed by atoms with van der Waals surface area (Å²) in [6, 6.07) is 20.3. The van der Waals surface area contributed by atoms with Gasteiger partial charge in [0.25, 0.3) is 0 Å². The average Bonchev–Trinajstić information content (AvgIpc) is 2.79. The lowest BCUT2D eigenvalue weighted by Gasteiger charge is -2.20. The number of rotatable bonds is 2. The molecule has 0 spiro atoms. The summed E-state index contributed by atoms with van der Waals surface area (Å²) in [5.41, 5.74) is 4.44. The van der Waals surface area contributed by atoms with Gasteiger partial charge in [0.05, 0.1) is 0 Å². The third-order valence-corrected chi connectivity index (χ3v) is 4.01. The van der Waals surface area contributed by atoms with E-state index in [1.807, 2.05) is 0 Å². The van der Waals surface area contributed by atoms with Crippen LogP contribution in [-0.4, -0.2) is 19.0 Å². The van der Waals surface area contributed by atoms with E-state index in [4.69, 9.17) is 0 Å². The molecule has 19 heavy (non-hydrogen) atoms. The van der Waals surface area contributed by atoms with Crippen LogP contribution in [0.5, 0.6) is 0 Å². The summed E-state index contributed by atoms with van der Waals surface area (Å²) in [5, 5.41) is 0. The predicted molar refractivity (Wildman–Crippen MR) is 83.0 cm³/mol. The van der Waals surface area contributed by atoms with Crippen molar-refractivity contribution >= 4 is 12.4 Å². The van der Waals surface area contributed by atoms with E-state index in [1.54, 1.807) is 0 Å². The first-order chi connectivity index (χ1) is 8.77. The zero-order valence-corrected chi connectivity index (χ0v) is 12.2. The molecule has 1 nitrogen and oxygen atoms in total. The Morgan fingerprint density at radius 3 is 2.05 bits per heavy atom. The highest BCUT2D eigenvalue weighted by Crippen LogP contribution is 2.45. The molecular formula is C17H20ClN. The maximum absolute atomic E-state index is 2.34. The third kappa shape index (κ3) is 2.54. The lowest BCUT2D eigenvalue weighted by molar-refractivity contribution is 0.293. The molecule has 0 unspecified atom stereocenters. The summed E-state index contributed by atoms with van der Waals surface area (Å²) in [5.74, 6) is 0.551. The van der Waals surface area contributed by atoms with Gasteiger partial charge in [-0.3, -0.25) is 0 Å². The molecule has 0 aromatic heterocycles. The third-order valence-electron chi connectivity index (χ3n) is 4.01. The van der Waals surface area contributed by atoms with Crippen LogP contribution in [0.2, 0.25) is 0 Å². The molecule has 0 saturated heterocycles. The van der Waals surface area contributed by atoms with Gasteiger partial charge in [0.15, 0.2) is 0 Å². The Labute approximate surface area is 121 Å². The highest BCUT2D eigenvalue weighted by atomic mass is 35.5. The van der Waals surface area contributed by atoms with Crippen molar-refractivity contribution in [2.24, 2.45) is 0 Å². The van der Waals surface area contributed by atoms with Gasteiger partial charge in [0.2, 0.25) is 0 Å². The molecule has 0 saturated carbocycles. The van der Waals surface area contributed by atoms with Crippen LogP contribution in [-0.2, 0) is 0 Å². The van der Waals surface area contributed by atoms with E-state index in [-0.39, 0.29) is 12.4 Å². The molecule has 0 bridgehead atoms. The summed E-state index contributed by atoms with van der Waals surface area (Å²) in [6.45, 7) is 0. The van der Waals surface area contributed by atoms with E-state index >= 15 is 0 Å². The molecule has 0 fully saturated rings. The second-order valence-corrected chi connectivity index (χ2v) is 5.31. The number of halogens is 1. The molecule has 2 aromatic rings. The molecule has 0 heterocycles. The zero-order chi connectivity index (χ0) is 12.5. The van der Waals surface area contributed by atoms with Gasteiger partial charge in [0.1, 0.15) is 0 Å². The minimum atomic E-state index is 0. The topological polar surface area (TPSA) is 3.24 Å². The Kier molecular flexibility index (Phi) is 4.28. The SMILES string of the molecule is CN(C)[C@@H]1C[C@H](c2ccccc2)c2ccccc21.Cl. The van der Waals surface area contributed by atoms with Gasteiger partial charge in [-0.25, -0.2) is 0 Å². The molecular weight excluding hydrogens is 254 g/mol. The summed E-state index contributed by atoms with van der Waals surface area (Å²) >= 11 is 0. The zero-order valence-electron chi connectivity index (χ0n) is 11.4. The first kappa shape index (κ1) is 14.1. The van der Waals surface area contributed by atoms with Gasteiger partial charge in [-0.05, 0) is 37.2 Å². The fourth-order valence-electron chi connectivity index (χ4n) is 3.10. The minimum absolute atomic E-state index is 0. The van der Waals surface area contributed by atoms with Crippen LogP contribution in [0.25, 0.3) is 0 Å². The van der Waals surface area contributed by atoms with E-state index in [9.17, 15) is 0 Å². The standard InChI is InChI=1S/C17H19N.ClH/c1-18(2)17-12-16(13-8-4-3-5-9-13)14-10-6-7-11-15(14)17;/h3-11,16-17H,12H2,1-2H3;1H/t16-,17-;/m1./s1. The lowest BCUT2D eigenvalue weighted by atomic mass is 9.93. The van der Waals surface area contributed by atoms with Crippen LogP contribution in [0.4, 0.5) is 0 Å². The molecule has 1 aliphatic carbocycles. The smallest absolute Gasteiger partial charge is 0.0354 e. The highest BCUT2D eigenvalue weighted by Gasteiger charge is 2.32. The van der Waals surface area contributed by atoms with Crippen LogP contribution in [0, 0.1) is 0 Å². The summed E-state index contributed by atoms with van der Waals surface area (Å²) in [7, 11) is 4.35. The van der Waals surface area contributed by atoms with Crippen LogP contribution in [0.15, 0.2) is 54.6 Å². The van der Waals surface area contributed by atoms with Crippen molar-refractivity contribution in [1.82, 2.24) is 4.90 Å². The van der Waals surface area contributed by atoms with Crippen molar-refractivity contribution in [1.29, 1.82) is 0 Å². The molecule has 2 aromatic carbocycles. The van der Waals surface area contributed by atoms with Crippen molar-refractivity contribution in [3.8, 4) is 0 Å². The van der Waals surface area contributed by atoms with Gasteiger partial charge >= 0.3 is 0 Å². The number of hydrogen-bond acceptors (Lipinski definition) is 1. The van der Waals surface area contributed by atoms with Gasteiger partial charge < -0.3 is 4.90 Å². The van der Waals surface area contributed by atoms with E-state index in [2.05, 4.69) is 73.6 Å². The van der Waals surface area contributed by atoms with Crippen LogP contribution >= 0.6 is 12.4 Å². The van der Waals surface area contributed by atoms with Gasteiger partial charge in [-0.2, -0.15) is 0 Å². The fourth-order valence-corrected chi connectivity index (χ4v) is 3.10. The van der Waals surface area contributed by atoms with Crippen molar-refractivity contribution in [2.45, 2.75) is 18.4 Å². The number of hydrogen-bond donors (Lipinski definition) is 0. The number of fused-ring (bicyclic) bond motifs is 1. The fraction of sp³-hybridized carbons (Fsp3) is 0.294. The van der Waals surface area contributed by atoms with Gasteiger partial charge in [-0.15, -0.1) is 12.4 Å². The molecule has 0 N–H and O–H groups in total. The Hall–Kier alpha value is -1.31. The van der Waals surface area contributed by atoms with Crippen molar-refractivity contribution in [3.05, 3.63) is 71.3 Å². The van der Waals surface area contributed by atoms with E-state index < -0.39 is 0 Å². The monoisotopic (exact) mass is 273 g/mol. The molecule has 2 atom stereocenters. The minimum Gasteiger partial charge on any atom is -0.302 e. The molecule has 0 radical (unpaired) electrons. The van der Waals surface area contributed by atoms with Crippen LogP contribution in [0.3, 0.4) is 0 Å². The van der Waals surface area contributed by atoms with E-state index in [0.29, 0.717) is 12.0 Å². The highest BCUT2D eigenvalue weighted by molar-refractivity contribution is 5.85. The molecule has 100 valence electrons. The van der Waals surface area contributed by atoms with Gasteiger partial charge in [0, 0.05) is 12.0 Å². The molecule has 0 amide bonds. The summed E-state index contributed by atoms with van der Waals surface area (Å²) in [6.07, 6.45) is 1.19. The largest absolute Gasteiger partial charge is 0.302 e. The first-order valence-corrected chi connectivity index (χ1v) is 6.57. The Balaban J connectivity index is 0.00000133. The summed E-state index contributed by atoms with van der Waals surface area (Å²) < 4.78 is 0. The maximum Gasteiger partial charge on any atom is 0.0354 e. The Bertz CT molecular complexity index is 536. The van der Waals surface area contributed by atoms with E-state index in [0.717, 1.165) is 0 Å². The van der Waals surface area contributed by atoms with E-state index in [1.165, 1.54) is 23.1 Å². The first-order valence-electron chi connectivity index (χ1n) is 6.57. The second-order valence-electron chi connectivity index (χ2n) is 5.31. The molecule has 0 aliphatic heterocycles. The Morgan fingerprint density at radius 1 is 0.842 bits per heavy atom. The van der Waals surface area contributed by atoms with Crippen LogP contribution in [0.1, 0.15) is 35.1 Å². The molecule has 1 aliphatic rings. The number of benzene rings is 2. The summed E-state index contributed by atoms with van der Waals surface area (Å²) in [4.78, 5) is 2.34. The number of nitrogens with zero attached hydrogens (tertiary/aromatic N) is 1.